The van der Waals surface area contributed by atoms with E-state index >= 15 is 0 Å². The van der Waals surface area contributed by atoms with Crippen molar-refractivity contribution >= 4 is 34.0 Å². The molecule has 1 amide bonds. The number of halogens is 1. The van der Waals surface area contributed by atoms with Crippen molar-refractivity contribution in [2.45, 2.75) is 11.8 Å². The zero-order valence-corrected chi connectivity index (χ0v) is 17.4. The molecule has 0 radical (unpaired) electrons. The van der Waals surface area contributed by atoms with Crippen LogP contribution in [-0.4, -0.2) is 41.6 Å². The molecule has 0 saturated heterocycles. The molecule has 154 valence electrons. The minimum absolute atomic E-state index is 0. The van der Waals surface area contributed by atoms with E-state index in [0.717, 1.165) is 5.56 Å². The summed E-state index contributed by atoms with van der Waals surface area (Å²) in [5, 5.41) is 2.68. The van der Waals surface area contributed by atoms with E-state index in [1.165, 1.54) is 26.4 Å². The van der Waals surface area contributed by atoms with Gasteiger partial charge in [0.05, 0.1) is 19.1 Å². The van der Waals surface area contributed by atoms with Gasteiger partial charge in [-0.25, -0.2) is 13.1 Å². The van der Waals surface area contributed by atoms with Crippen molar-refractivity contribution in [3.63, 3.8) is 0 Å². The van der Waals surface area contributed by atoms with Crippen LogP contribution in [0.15, 0.2) is 41.3 Å². The van der Waals surface area contributed by atoms with Crippen LogP contribution in [0.4, 0.5) is 5.69 Å². The first-order valence-electron chi connectivity index (χ1n) is 8.16. The minimum atomic E-state index is -3.69. The maximum absolute atomic E-state index is 12.6. The summed E-state index contributed by atoms with van der Waals surface area (Å²) < 4.78 is 37.3. The largest absolute Gasteiger partial charge is 0.496 e. The van der Waals surface area contributed by atoms with Crippen molar-refractivity contribution in [3.05, 3.63) is 47.5 Å². The minimum Gasteiger partial charge on any atom is -0.496 e. The molecule has 4 N–H and O–H groups in total. The Hall–Kier alpha value is -2.33. The lowest BCUT2D eigenvalue weighted by Crippen LogP contribution is -2.29. The Bertz CT molecular complexity index is 910. The fraction of sp³-hybridized carbons (Fsp3) is 0.278. The normalized spacial score (nSPS) is 10.7. The molecule has 0 aliphatic rings. The quantitative estimate of drug-likeness (QED) is 0.589. The fourth-order valence-electron chi connectivity index (χ4n) is 2.44. The molecule has 0 heterocycles. The van der Waals surface area contributed by atoms with Gasteiger partial charge in [0.25, 0.3) is 5.91 Å². The third-order valence-electron chi connectivity index (χ3n) is 3.85. The Morgan fingerprint density at radius 2 is 1.71 bits per heavy atom. The number of nitrogens with two attached hydrogens (primary N) is 1. The zero-order valence-electron chi connectivity index (χ0n) is 15.8. The first kappa shape index (κ1) is 23.7. The van der Waals surface area contributed by atoms with E-state index in [1.54, 1.807) is 24.3 Å². The van der Waals surface area contributed by atoms with Crippen LogP contribution in [0.2, 0.25) is 0 Å². The second kappa shape index (κ2) is 10.3. The van der Waals surface area contributed by atoms with Gasteiger partial charge < -0.3 is 20.5 Å². The molecular weight excluding hydrogens is 406 g/mol. The second-order valence-electron chi connectivity index (χ2n) is 5.67. The molecule has 0 aromatic heterocycles. The highest BCUT2D eigenvalue weighted by atomic mass is 35.5. The van der Waals surface area contributed by atoms with Crippen molar-refractivity contribution in [3.8, 4) is 11.5 Å². The lowest BCUT2D eigenvalue weighted by atomic mass is 10.1. The Morgan fingerprint density at radius 1 is 1.11 bits per heavy atom. The monoisotopic (exact) mass is 429 g/mol. The topological polar surface area (TPSA) is 120 Å². The third kappa shape index (κ3) is 5.59. The highest BCUT2D eigenvalue weighted by Gasteiger charge is 2.16. The van der Waals surface area contributed by atoms with Gasteiger partial charge in [-0.1, -0.05) is 6.07 Å². The molecule has 0 unspecified atom stereocenters. The van der Waals surface area contributed by atoms with E-state index in [1.807, 2.05) is 6.92 Å². The van der Waals surface area contributed by atoms with E-state index in [4.69, 9.17) is 15.2 Å². The van der Waals surface area contributed by atoms with E-state index < -0.39 is 15.9 Å². The summed E-state index contributed by atoms with van der Waals surface area (Å²) >= 11 is 0. The zero-order chi connectivity index (χ0) is 20.0. The van der Waals surface area contributed by atoms with Gasteiger partial charge in [-0.05, 0) is 37.3 Å². The number of benzene rings is 2. The summed E-state index contributed by atoms with van der Waals surface area (Å²) in [6.45, 7) is 2.14. The van der Waals surface area contributed by atoms with E-state index in [-0.39, 0.29) is 30.4 Å². The summed E-state index contributed by atoms with van der Waals surface area (Å²) in [4.78, 5) is 12.6. The van der Waals surface area contributed by atoms with Crippen LogP contribution in [0.1, 0.15) is 15.9 Å². The lowest BCUT2D eigenvalue weighted by molar-refractivity contribution is 0.102. The molecule has 0 saturated carbocycles. The van der Waals surface area contributed by atoms with Gasteiger partial charge in [0.15, 0.2) is 0 Å². The molecule has 0 spiro atoms. The van der Waals surface area contributed by atoms with Gasteiger partial charge in [-0.3, -0.25) is 4.79 Å². The van der Waals surface area contributed by atoms with Gasteiger partial charge in [0, 0.05) is 29.9 Å². The number of hydrogen-bond donors (Lipinski definition) is 3. The smallest absolute Gasteiger partial charge is 0.255 e. The number of amides is 1. The number of sulfonamides is 1. The Morgan fingerprint density at radius 3 is 2.25 bits per heavy atom. The molecular formula is C18H24ClN3O5S. The summed E-state index contributed by atoms with van der Waals surface area (Å²) in [7, 11) is -0.681. The predicted molar refractivity (Wildman–Crippen MR) is 110 cm³/mol. The SMILES string of the molecule is COc1cc(C(=O)Nc2cccc(S(=O)(=O)NCCN)c2)cc(OC)c1C.Cl. The van der Waals surface area contributed by atoms with Crippen molar-refractivity contribution in [1.82, 2.24) is 4.72 Å². The lowest BCUT2D eigenvalue weighted by Gasteiger charge is -2.13. The first-order chi connectivity index (χ1) is 12.8. The maximum Gasteiger partial charge on any atom is 0.255 e. The van der Waals surface area contributed by atoms with Gasteiger partial charge in [0.1, 0.15) is 11.5 Å². The van der Waals surface area contributed by atoms with Crippen molar-refractivity contribution in [2.75, 3.05) is 32.6 Å². The molecule has 0 atom stereocenters. The van der Waals surface area contributed by atoms with Crippen LogP contribution < -0.4 is 25.2 Å². The molecule has 2 rings (SSSR count). The molecule has 0 aliphatic heterocycles. The Labute approximate surface area is 170 Å². The Kier molecular flexibility index (Phi) is 8.70. The molecule has 2 aromatic rings. The standard InChI is InChI=1S/C18H23N3O5S.ClH/c1-12-16(25-2)9-13(10-17(12)26-3)18(22)21-14-5-4-6-15(11-14)27(23,24)20-8-7-19;/h4-6,9-11,20H,7-8,19H2,1-3H3,(H,21,22);1H. The molecule has 2 aromatic carbocycles. The number of carbonyl (C=O) groups is 1. The third-order valence-corrected chi connectivity index (χ3v) is 5.31. The number of ether oxygens (including phenoxy) is 2. The van der Waals surface area contributed by atoms with E-state index in [2.05, 4.69) is 10.0 Å². The number of anilines is 1. The van der Waals surface area contributed by atoms with Crippen LogP contribution in [-0.2, 0) is 10.0 Å². The molecule has 8 nitrogen and oxygen atoms in total. The molecule has 0 fully saturated rings. The second-order valence-corrected chi connectivity index (χ2v) is 7.44. The number of rotatable bonds is 8. The fourth-order valence-corrected chi connectivity index (χ4v) is 3.53. The van der Waals surface area contributed by atoms with E-state index in [9.17, 15) is 13.2 Å². The van der Waals surface area contributed by atoms with Crippen LogP contribution in [0.25, 0.3) is 0 Å². The van der Waals surface area contributed by atoms with Gasteiger partial charge >= 0.3 is 0 Å². The van der Waals surface area contributed by atoms with E-state index in [0.29, 0.717) is 22.7 Å². The number of hydrogen-bond acceptors (Lipinski definition) is 6. The summed E-state index contributed by atoms with van der Waals surface area (Å²) in [5.74, 6) is 0.611. The molecule has 28 heavy (non-hydrogen) atoms. The number of methoxy groups -OCH3 is 2. The summed E-state index contributed by atoms with van der Waals surface area (Å²) in [5.41, 5.74) is 6.77. The van der Waals surface area contributed by atoms with Crippen molar-refractivity contribution < 1.29 is 22.7 Å². The summed E-state index contributed by atoms with van der Waals surface area (Å²) in [6.07, 6.45) is 0. The van der Waals surface area contributed by atoms with Crippen LogP contribution in [0.3, 0.4) is 0 Å². The van der Waals surface area contributed by atoms with Gasteiger partial charge in [-0.15, -0.1) is 12.4 Å². The summed E-state index contributed by atoms with van der Waals surface area (Å²) in [6, 6.07) is 9.14. The number of carbonyl (C=O) groups excluding carboxylic acids is 1. The molecule has 0 bridgehead atoms. The highest BCUT2D eigenvalue weighted by molar-refractivity contribution is 7.89. The first-order valence-corrected chi connectivity index (χ1v) is 9.64. The number of nitrogens with one attached hydrogen (secondary N) is 2. The van der Waals surface area contributed by atoms with Crippen molar-refractivity contribution in [1.29, 1.82) is 0 Å². The molecule has 10 heteroatoms. The Balaban J connectivity index is 0.00000392. The van der Waals surface area contributed by atoms with Crippen LogP contribution in [0, 0.1) is 6.92 Å². The maximum atomic E-state index is 12.6. The van der Waals surface area contributed by atoms with Crippen molar-refractivity contribution in [2.24, 2.45) is 5.73 Å². The predicted octanol–water partition coefficient (Wildman–Crippen LogP) is 1.92. The van der Waals surface area contributed by atoms with Gasteiger partial charge in [0.2, 0.25) is 10.0 Å². The highest BCUT2D eigenvalue weighted by Crippen LogP contribution is 2.30. The molecule has 0 aliphatic carbocycles. The average molecular weight is 430 g/mol. The van der Waals surface area contributed by atoms with Gasteiger partial charge in [-0.2, -0.15) is 0 Å². The average Bonchev–Trinajstić information content (AvgIpc) is 2.66. The van der Waals surface area contributed by atoms with Crippen LogP contribution in [0.5, 0.6) is 11.5 Å². The van der Waals surface area contributed by atoms with Crippen LogP contribution >= 0.6 is 12.4 Å².